The highest BCUT2D eigenvalue weighted by atomic mass is 16.5. The molecular weight excluding hydrogens is 152 g/mol. The van der Waals surface area contributed by atoms with Crippen LogP contribution in [-0.4, -0.2) is 13.1 Å². The van der Waals surface area contributed by atoms with E-state index < -0.39 is 0 Å². The number of carbonyl (C=O) groups is 1. The summed E-state index contributed by atoms with van der Waals surface area (Å²) in [7, 11) is 1.38. The van der Waals surface area contributed by atoms with Gasteiger partial charge in [0.05, 0.1) is 7.11 Å². The molecule has 0 saturated heterocycles. The van der Waals surface area contributed by atoms with Gasteiger partial charge < -0.3 is 4.74 Å². The molecule has 2 nitrogen and oxygen atoms in total. The van der Waals surface area contributed by atoms with E-state index in [0.717, 1.165) is 6.42 Å². The normalized spacial score (nSPS) is 11.0. The summed E-state index contributed by atoms with van der Waals surface area (Å²) in [5.41, 5.74) is 0.704. The Bertz CT molecular complexity index is 180. The molecule has 0 aliphatic carbocycles. The highest BCUT2D eigenvalue weighted by molar-refractivity contribution is 5.87. The summed E-state index contributed by atoms with van der Waals surface area (Å²) in [5.74, 6) is -0.295. The van der Waals surface area contributed by atoms with Crippen molar-refractivity contribution in [3.63, 3.8) is 0 Å². The first kappa shape index (κ1) is 11.2. The van der Waals surface area contributed by atoms with Crippen LogP contribution in [0.15, 0.2) is 12.2 Å². The highest BCUT2D eigenvalue weighted by Gasteiger charge is 2.19. The Morgan fingerprint density at radius 2 is 2.00 bits per heavy atom. The van der Waals surface area contributed by atoms with Crippen LogP contribution in [0.4, 0.5) is 0 Å². The average Bonchev–Trinajstić information content (AvgIpc) is 2.02. The number of rotatable bonds is 4. The summed E-state index contributed by atoms with van der Waals surface area (Å²) in [6, 6.07) is 0. The van der Waals surface area contributed by atoms with Crippen LogP contribution >= 0.6 is 0 Å². The van der Waals surface area contributed by atoms with Crippen LogP contribution in [-0.2, 0) is 9.53 Å². The van der Waals surface area contributed by atoms with E-state index in [2.05, 4.69) is 32.1 Å². The maximum absolute atomic E-state index is 11.0. The van der Waals surface area contributed by atoms with E-state index in [1.165, 1.54) is 7.11 Å². The predicted molar refractivity (Wildman–Crippen MR) is 49.8 cm³/mol. The summed E-state index contributed by atoms with van der Waals surface area (Å²) in [6.45, 7) is 10.0. The minimum Gasteiger partial charge on any atom is -0.466 e. The van der Waals surface area contributed by atoms with Crippen molar-refractivity contribution >= 4 is 5.97 Å². The quantitative estimate of drug-likeness (QED) is 0.478. The fraction of sp³-hybridized carbons (Fsp3) is 0.700. The van der Waals surface area contributed by atoms with Gasteiger partial charge in [0, 0.05) is 5.57 Å². The van der Waals surface area contributed by atoms with Crippen LogP contribution in [0.5, 0.6) is 0 Å². The van der Waals surface area contributed by atoms with Crippen LogP contribution in [0.1, 0.15) is 33.6 Å². The van der Waals surface area contributed by atoms with E-state index in [9.17, 15) is 4.79 Å². The molecule has 0 unspecified atom stereocenters. The van der Waals surface area contributed by atoms with Crippen molar-refractivity contribution < 1.29 is 9.53 Å². The van der Waals surface area contributed by atoms with Crippen molar-refractivity contribution in [1.82, 2.24) is 0 Å². The third-order valence-corrected chi connectivity index (χ3v) is 2.12. The van der Waals surface area contributed by atoms with Crippen molar-refractivity contribution in [2.75, 3.05) is 7.11 Å². The summed E-state index contributed by atoms with van der Waals surface area (Å²) >= 11 is 0. The highest BCUT2D eigenvalue weighted by Crippen LogP contribution is 2.28. The lowest BCUT2D eigenvalue weighted by Crippen LogP contribution is -2.15. The second-order valence-electron chi connectivity index (χ2n) is 3.79. The molecule has 0 N–H and O–H groups in total. The van der Waals surface area contributed by atoms with E-state index in [-0.39, 0.29) is 11.4 Å². The smallest absolute Gasteiger partial charge is 0.333 e. The van der Waals surface area contributed by atoms with Gasteiger partial charge in [-0.15, -0.1) is 0 Å². The fourth-order valence-electron chi connectivity index (χ4n) is 0.919. The van der Waals surface area contributed by atoms with E-state index in [0.29, 0.717) is 12.0 Å². The van der Waals surface area contributed by atoms with Crippen molar-refractivity contribution in [3.8, 4) is 0 Å². The first-order chi connectivity index (χ1) is 5.43. The largest absolute Gasteiger partial charge is 0.466 e. The molecule has 0 bridgehead atoms. The molecule has 0 aromatic rings. The third-order valence-electron chi connectivity index (χ3n) is 2.12. The number of ether oxygens (including phenoxy) is 1. The molecule has 0 radical (unpaired) electrons. The Morgan fingerprint density at radius 1 is 1.50 bits per heavy atom. The molecule has 0 aliphatic heterocycles. The van der Waals surface area contributed by atoms with Crippen LogP contribution in [0, 0.1) is 5.41 Å². The van der Waals surface area contributed by atoms with Gasteiger partial charge in [-0.05, 0) is 11.8 Å². The molecule has 0 aliphatic rings. The van der Waals surface area contributed by atoms with E-state index in [1.54, 1.807) is 0 Å². The first-order valence-corrected chi connectivity index (χ1v) is 4.19. The molecule has 12 heavy (non-hydrogen) atoms. The van der Waals surface area contributed by atoms with Crippen LogP contribution in [0.3, 0.4) is 0 Å². The standard InChI is InChI=1S/C10H18O2/c1-6-10(3,4)7-8(2)9(11)12-5/h2,6-7H2,1,3-5H3. The van der Waals surface area contributed by atoms with Gasteiger partial charge in [0.25, 0.3) is 0 Å². The number of esters is 1. The lowest BCUT2D eigenvalue weighted by molar-refractivity contribution is -0.136. The van der Waals surface area contributed by atoms with E-state index in [4.69, 9.17) is 0 Å². The van der Waals surface area contributed by atoms with E-state index in [1.807, 2.05) is 0 Å². The average molecular weight is 170 g/mol. The molecular formula is C10H18O2. The molecule has 0 aromatic carbocycles. The van der Waals surface area contributed by atoms with Gasteiger partial charge in [0.1, 0.15) is 0 Å². The zero-order valence-corrected chi connectivity index (χ0v) is 8.44. The Morgan fingerprint density at radius 3 is 2.33 bits per heavy atom. The number of hydrogen-bond acceptors (Lipinski definition) is 2. The summed E-state index contributed by atoms with van der Waals surface area (Å²) in [5, 5.41) is 0. The summed E-state index contributed by atoms with van der Waals surface area (Å²) in [4.78, 5) is 11.0. The second-order valence-corrected chi connectivity index (χ2v) is 3.79. The lowest BCUT2D eigenvalue weighted by atomic mass is 9.83. The van der Waals surface area contributed by atoms with Gasteiger partial charge in [-0.2, -0.15) is 0 Å². The molecule has 0 fully saturated rings. The zero-order chi connectivity index (χ0) is 9.78. The van der Waals surface area contributed by atoms with E-state index >= 15 is 0 Å². The Hall–Kier alpha value is -0.790. The van der Waals surface area contributed by atoms with Gasteiger partial charge in [0.15, 0.2) is 0 Å². The van der Waals surface area contributed by atoms with Gasteiger partial charge in [0.2, 0.25) is 0 Å². The van der Waals surface area contributed by atoms with Crippen LogP contribution < -0.4 is 0 Å². The molecule has 0 saturated carbocycles. The molecule has 2 heteroatoms. The topological polar surface area (TPSA) is 26.3 Å². The van der Waals surface area contributed by atoms with Gasteiger partial charge in [-0.3, -0.25) is 0 Å². The SMILES string of the molecule is C=C(CC(C)(C)CC)C(=O)OC. The molecule has 0 aromatic heterocycles. The number of carbonyl (C=O) groups excluding carboxylic acids is 1. The summed E-state index contributed by atoms with van der Waals surface area (Å²) in [6.07, 6.45) is 1.74. The van der Waals surface area contributed by atoms with Gasteiger partial charge in [-0.1, -0.05) is 33.8 Å². The predicted octanol–water partition coefficient (Wildman–Crippen LogP) is 2.54. The van der Waals surface area contributed by atoms with Crippen molar-refractivity contribution in [2.45, 2.75) is 33.6 Å². The van der Waals surface area contributed by atoms with Gasteiger partial charge >= 0.3 is 5.97 Å². The van der Waals surface area contributed by atoms with Crippen molar-refractivity contribution in [3.05, 3.63) is 12.2 Å². The fourth-order valence-corrected chi connectivity index (χ4v) is 0.919. The molecule has 0 amide bonds. The zero-order valence-electron chi connectivity index (χ0n) is 8.44. The molecule has 0 heterocycles. The lowest BCUT2D eigenvalue weighted by Gasteiger charge is -2.22. The number of hydrogen-bond donors (Lipinski definition) is 0. The maximum Gasteiger partial charge on any atom is 0.333 e. The Labute approximate surface area is 74.6 Å². The minimum atomic E-state index is -0.295. The number of methoxy groups -OCH3 is 1. The monoisotopic (exact) mass is 170 g/mol. The molecule has 0 rings (SSSR count). The second kappa shape index (κ2) is 4.29. The molecule has 0 spiro atoms. The first-order valence-electron chi connectivity index (χ1n) is 4.19. The molecule has 70 valence electrons. The van der Waals surface area contributed by atoms with Crippen LogP contribution in [0.25, 0.3) is 0 Å². The Kier molecular flexibility index (Phi) is 4.01. The van der Waals surface area contributed by atoms with Gasteiger partial charge in [-0.25, -0.2) is 4.79 Å². The maximum atomic E-state index is 11.0. The summed E-state index contributed by atoms with van der Waals surface area (Å²) < 4.78 is 4.56. The van der Waals surface area contributed by atoms with Crippen molar-refractivity contribution in [2.24, 2.45) is 5.41 Å². The third kappa shape index (κ3) is 3.56. The van der Waals surface area contributed by atoms with Crippen LogP contribution in [0.2, 0.25) is 0 Å². The van der Waals surface area contributed by atoms with Crippen molar-refractivity contribution in [1.29, 1.82) is 0 Å². The Balaban J connectivity index is 4.09. The molecule has 0 atom stereocenters. The minimum absolute atomic E-state index is 0.144.